The van der Waals surface area contributed by atoms with Gasteiger partial charge in [-0.2, -0.15) is 0 Å². The summed E-state index contributed by atoms with van der Waals surface area (Å²) in [6.45, 7) is 2.49. The van der Waals surface area contributed by atoms with Crippen molar-refractivity contribution in [3.63, 3.8) is 0 Å². The van der Waals surface area contributed by atoms with E-state index in [4.69, 9.17) is 18.9 Å². The van der Waals surface area contributed by atoms with E-state index in [2.05, 4.69) is 36.4 Å². The lowest BCUT2D eigenvalue weighted by Gasteiger charge is -2.17. The zero-order valence-electron chi connectivity index (χ0n) is 35.8. The predicted molar refractivity (Wildman–Crippen MR) is 244 cm³/mol. The van der Waals surface area contributed by atoms with Crippen LogP contribution in [0.25, 0.3) is 10.8 Å². The molecule has 5 bridgehead atoms. The molecular formula is C54H66O6. The molecule has 318 valence electrons. The molecule has 0 unspecified atom stereocenters. The normalized spacial score (nSPS) is 16.7. The summed E-state index contributed by atoms with van der Waals surface area (Å²) in [7, 11) is 0. The molecule has 5 aromatic carbocycles. The summed E-state index contributed by atoms with van der Waals surface area (Å²) in [5.74, 6) is 2.47. The van der Waals surface area contributed by atoms with Crippen LogP contribution >= 0.6 is 0 Å². The molecule has 0 atom stereocenters. The van der Waals surface area contributed by atoms with Crippen LogP contribution in [0.2, 0.25) is 0 Å². The first-order chi connectivity index (χ1) is 29.7. The van der Waals surface area contributed by atoms with E-state index in [0.29, 0.717) is 47.0 Å². The van der Waals surface area contributed by atoms with Gasteiger partial charge in [-0.3, -0.25) is 9.59 Å². The number of rotatable bonds is 4. The molecule has 0 saturated heterocycles. The minimum atomic E-state index is -0.168. The molecule has 0 aromatic heterocycles. The third kappa shape index (κ3) is 14.6. The SMILES string of the molecule is O=C(c1ccccc1)c1cc(C(=O)c2ccccc2)c2cc1OCCCCCCCCCCCCOc1ccc3ccc(cc3c1)OCCCCCCCCCCCCO2. The van der Waals surface area contributed by atoms with Gasteiger partial charge in [-0.05, 0) is 66.8 Å². The van der Waals surface area contributed by atoms with Gasteiger partial charge in [-0.1, -0.05) is 176 Å². The van der Waals surface area contributed by atoms with Crippen LogP contribution in [0.15, 0.2) is 109 Å². The maximum Gasteiger partial charge on any atom is 0.196 e. The Kier molecular flexibility index (Phi) is 18.9. The lowest BCUT2D eigenvalue weighted by molar-refractivity contribution is 0.103. The van der Waals surface area contributed by atoms with Gasteiger partial charge in [0.15, 0.2) is 11.6 Å². The van der Waals surface area contributed by atoms with Gasteiger partial charge in [0.25, 0.3) is 0 Å². The fraction of sp³-hybridized carbons (Fsp3) is 0.444. The highest BCUT2D eigenvalue weighted by Gasteiger charge is 2.23. The van der Waals surface area contributed by atoms with Gasteiger partial charge in [0, 0.05) is 17.2 Å². The lowest BCUT2D eigenvalue weighted by atomic mass is 9.95. The fourth-order valence-electron chi connectivity index (χ4n) is 8.01. The second-order valence-electron chi connectivity index (χ2n) is 16.4. The van der Waals surface area contributed by atoms with Crippen molar-refractivity contribution in [2.45, 2.75) is 128 Å². The third-order valence-electron chi connectivity index (χ3n) is 11.6. The lowest BCUT2D eigenvalue weighted by Crippen LogP contribution is -2.12. The van der Waals surface area contributed by atoms with Gasteiger partial charge >= 0.3 is 0 Å². The van der Waals surface area contributed by atoms with Crippen LogP contribution in [-0.2, 0) is 0 Å². The molecule has 0 fully saturated rings. The topological polar surface area (TPSA) is 71.1 Å². The predicted octanol–water partition coefficient (Wildman–Crippen LogP) is 14.3. The van der Waals surface area contributed by atoms with Gasteiger partial charge in [0.05, 0.1) is 37.6 Å². The van der Waals surface area contributed by atoms with Crippen LogP contribution in [0, 0.1) is 0 Å². The van der Waals surface area contributed by atoms with Gasteiger partial charge in [0.2, 0.25) is 0 Å². The zero-order valence-corrected chi connectivity index (χ0v) is 35.8. The minimum absolute atomic E-state index is 0.168. The Balaban J connectivity index is 1.05. The van der Waals surface area contributed by atoms with Crippen molar-refractivity contribution in [1.29, 1.82) is 0 Å². The summed E-state index contributed by atoms with van der Waals surface area (Å²) in [6.07, 6.45) is 23.2. The van der Waals surface area contributed by atoms with Gasteiger partial charge in [-0.15, -0.1) is 0 Å². The van der Waals surface area contributed by atoms with Gasteiger partial charge < -0.3 is 18.9 Å². The summed E-state index contributed by atoms with van der Waals surface area (Å²) in [5.41, 5.74) is 1.89. The maximum absolute atomic E-state index is 14.0. The molecule has 0 radical (unpaired) electrons. The highest BCUT2D eigenvalue weighted by molar-refractivity contribution is 6.15. The van der Waals surface area contributed by atoms with Crippen LogP contribution < -0.4 is 18.9 Å². The van der Waals surface area contributed by atoms with E-state index in [1.54, 1.807) is 36.4 Å². The Labute approximate surface area is 359 Å². The van der Waals surface area contributed by atoms with E-state index >= 15 is 0 Å². The molecule has 0 spiro atoms. The number of ketones is 2. The molecule has 6 heteroatoms. The van der Waals surface area contributed by atoms with Crippen LogP contribution in [0.4, 0.5) is 0 Å². The van der Waals surface area contributed by atoms with Crippen LogP contribution in [0.5, 0.6) is 23.0 Å². The van der Waals surface area contributed by atoms with Crippen molar-refractivity contribution in [3.05, 3.63) is 131 Å². The molecule has 1 heterocycles. The Morgan fingerprint density at radius 2 is 0.650 bits per heavy atom. The van der Waals surface area contributed by atoms with Crippen molar-refractivity contribution >= 4 is 22.3 Å². The third-order valence-corrected chi connectivity index (χ3v) is 11.6. The Bertz CT molecular complexity index is 1890. The summed E-state index contributed by atoms with van der Waals surface area (Å²) in [6, 6.07) is 34.7. The molecule has 0 N–H and O–H groups in total. The van der Waals surface area contributed by atoms with E-state index < -0.39 is 0 Å². The first kappa shape index (κ1) is 44.5. The molecule has 0 aliphatic carbocycles. The molecule has 0 saturated carbocycles. The average Bonchev–Trinajstić information content (AvgIpc) is 3.28. The fourth-order valence-corrected chi connectivity index (χ4v) is 8.01. The van der Waals surface area contributed by atoms with Crippen molar-refractivity contribution in [3.8, 4) is 23.0 Å². The molecule has 60 heavy (non-hydrogen) atoms. The van der Waals surface area contributed by atoms with Crippen LogP contribution in [0.1, 0.15) is 160 Å². The van der Waals surface area contributed by atoms with E-state index in [1.165, 1.54) is 82.4 Å². The molecular weight excluding hydrogens is 745 g/mol. The van der Waals surface area contributed by atoms with Crippen LogP contribution in [0.3, 0.4) is 0 Å². The number of benzene rings is 5. The Hall–Kier alpha value is -5.10. The Morgan fingerprint density at radius 1 is 0.317 bits per heavy atom. The molecule has 0 amide bonds. The highest BCUT2D eigenvalue weighted by atomic mass is 16.5. The first-order valence-corrected chi connectivity index (χ1v) is 23.1. The van der Waals surface area contributed by atoms with Crippen molar-refractivity contribution in [2.75, 3.05) is 26.4 Å². The standard InChI is InChI=1S/C54H66O6/c55-53(44-27-19-17-20-28-44)49-41-50(54(56)45-29-21-18-22-30-45)52-42-51(49)59-37-25-15-11-7-3-1-5-9-13-23-35-57-47-33-31-43-32-34-48(40-46(43)39-47)58-36-24-14-10-6-2-4-8-12-16-26-38-60-52/h17-22,27-34,39-42H,1-16,23-26,35-38H2. The molecule has 6 nitrogen and oxygen atoms in total. The highest BCUT2D eigenvalue weighted by Crippen LogP contribution is 2.34. The quantitative estimate of drug-likeness (QED) is 0.168. The second-order valence-corrected chi connectivity index (χ2v) is 16.4. The van der Waals surface area contributed by atoms with E-state index in [9.17, 15) is 9.59 Å². The van der Waals surface area contributed by atoms with Crippen LogP contribution in [-0.4, -0.2) is 38.0 Å². The largest absolute Gasteiger partial charge is 0.494 e. The number of hydrogen-bond acceptors (Lipinski definition) is 6. The number of carbonyl (C=O) groups is 2. The summed E-state index contributed by atoms with van der Waals surface area (Å²) in [4.78, 5) is 27.9. The first-order valence-electron chi connectivity index (χ1n) is 23.1. The van der Waals surface area contributed by atoms with E-state index in [0.717, 1.165) is 81.5 Å². The maximum atomic E-state index is 14.0. The zero-order chi connectivity index (χ0) is 41.5. The van der Waals surface area contributed by atoms with E-state index in [-0.39, 0.29) is 11.6 Å². The molecule has 1 aliphatic rings. The smallest absolute Gasteiger partial charge is 0.196 e. The monoisotopic (exact) mass is 810 g/mol. The summed E-state index contributed by atoms with van der Waals surface area (Å²) >= 11 is 0. The van der Waals surface area contributed by atoms with Gasteiger partial charge in [-0.25, -0.2) is 0 Å². The molecule has 1 aliphatic heterocycles. The number of hydrogen-bond donors (Lipinski definition) is 0. The second kappa shape index (κ2) is 25.5. The van der Waals surface area contributed by atoms with Crippen molar-refractivity contribution in [2.24, 2.45) is 0 Å². The Morgan fingerprint density at radius 3 is 1.02 bits per heavy atom. The molecule has 5 aromatic rings. The number of carbonyl (C=O) groups excluding carboxylic acids is 2. The summed E-state index contributed by atoms with van der Waals surface area (Å²) < 4.78 is 25.0. The van der Waals surface area contributed by atoms with Gasteiger partial charge in [0.1, 0.15) is 23.0 Å². The number of fused-ring (bicyclic) bond motifs is 4. The van der Waals surface area contributed by atoms with Crippen molar-refractivity contribution in [1.82, 2.24) is 0 Å². The van der Waals surface area contributed by atoms with E-state index in [1.807, 2.05) is 36.4 Å². The summed E-state index contributed by atoms with van der Waals surface area (Å²) in [5, 5.41) is 2.37. The molecule has 6 rings (SSSR count). The minimum Gasteiger partial charge on any atom is -0.494 e. The van der Waals surface area contributed by atoms with Crippen molar-refractivity contribution < 1.29 is 28.5 Å². The average molecular weight is 811 g/mol. The number of ether oxygens (including phenoxy) is 4.